The minimum absolute atomic E-state index is 0.252. The summed E-state index contributed by atoms with van der Waals surface area (Å²) in [6.07, 6.45) is 3.24. The molecule has 0 aliphatic rings. The number of aryl methyl sites for hydroxylation is 1. The first-order valence-electron chi connectivity index (χ1n) is 6.43. The Bertz CT molecular complexity index is 500. The molecule has 0 fully saturated rings. The lowest BCUT2D eigenvalue weighted by atomic mass is 10.2. The third-order valence-electron chi connectivity index (χ3n) is 2.62. The number of sulfonamides is 1. The average molecular weight is 318 g/mol. The van der Waals surface area contributed by atoms with Crippen molar-refractivity contribution in [2.24, 2.45) is 0 Å². The molecule has 1 aromatic rings. The topological polar surface area (TPSA) is 55.4 Å². The van der Waals surface area contributed by atoms with Gasteiger partial charge in [-0.05, 0) is 30.5 Å². The van der Waals surface area contributed by atoms with Crippen LogP contribution >= 0.6 is 11.6 Å². The van der Waals surface area contributed by atoms with E-state index in [4.69, 9.17) is 16.3 Å². The largest absolute Gasteiger partial charge is 0.380 e. The van der Waals surface area contributed by atoms with E-state index in [9.17, 15) is 8.42 Å². The van der Waals surface area contributed by atoms with E-state index in [0.29, 0.717) is 19.1 Å². The second-order valence-corrected chi connectivity index (χ2v) is 6.32. The zero-order valence-corrected chi connectivity index (χ0v) is 12.9. The molecule has 0 amide bonds. The molecule has 0 atom stereocenters. The molecular formula is C14H20ClNO3S. The number of ether oxygens (including phenoxy) is 1. The Hall–Kier alpha value is -0.880. The summed E-state index contributed by atoms with van der Waals surface area (Å²) in [4.78, 5) is 0.252. The van der Waals surface area contributed by atoms with Crippen molar-refractivity contribution < 1.29 is 13.2 Å². The van der Waals surface area contributed by atoms with Gasteiger partial charge in [0.2, 0.25) is 10.0 Å². The number of rotatable bonds is 10. The summed E-state index contributed by atoms with van der Waals surface area (Å²) in [6, 6.07) is 6.72. The molecule has 0 heterocycles. The van der Waals surface area contributed by atoms with Gasteiger partial charge in [-0.3, -0.25) is 0 Å². The molecule has 6 heteroatoms. The van der Waals surface area contributed by atoms with Crippen LogP contribution in [0.3, 0.4) is 0 Å². The van der Waals surface area contributed by atoms with Gasteiger partial charge < -0.3 is 4.74 Å². The van der Waals surface area contributed by atoms with E-state index in [1.807, 2.05) is 0 Å². The van der Waals surface area contributed by atoms with Crippen LogP contribution in [0.1, 0.15) is 12.0 Å². The van der Waals surface area contributed by atoms with Crippen molar-refractivity contribution >= 4 is 21.6 Å². The molecule has 20 heavy (non-hydrogen) atoms. The maximum Gasteiger partial charge on any atom is 0.240 e. The number of benzene rings is 1. The predicted molar refractivity (Wildman–Crippen MR) is 81.7 cm³/mol. The van der Waals surface area contributed by atoms with Crippen LogP contribution in [0.15, 0.2) is 41.8 Å². The molecule has 1 rings (SSSR count). The number of hydrogen-bond donors (Lipinski definition) is 1. The molecule has 0 radical (unpaired) electrons. The smallest absolute Gasteiger partial charge is 0.240 e. The van der Waals surface area contributed by atoms with Crippen molar-refractivity contribution in [2.75, 3.05) is 25.6 Å². The van der Waals surface area contributed by atoms with Gasteiger partial charge in [-0.2, -0.15) is 0 Å². The third kappa shape index (κ3) is 6.05. The van der Waals surface area contributed by atoms with Crippen molar-refractivity contribution in [3.05, 3.63) is 42.5 Å². The first-order chi connectivity index (χ1) is 9.60. The molecule has 0 saturated heterocycles. The fourth-order valence-electron chi connectivity index (χ4n) is 1.54. The first kappa shape index (κ1) is 17.2. The minimum atomic E-state index is -3.47. The van der Waals surface area contributed by atoms with Gasteiger partial charge in [-0.1, -0.05) is 18.2 Å². The number of nitrogens with one attached hydrogen (secondary N) is 1. The summed E-state index contributed by atoms with van der Waals surface area (Å²) in [7, 11) is -3.47. The quantitative estimate of drug-likeness (QED) is 0.409. The Balaban J connectivity index is 2.45. The maximum absolute atomic E-state index is 12.0. The van der Waals surface area contributed by atoms with Crippen molar-refractivity contribution in [3.8, 4) is 0 Å². The summed E-state index contributed by atoms with van der Waals surface area (Å²) in [5, 5.41) is 0. The Kier molecular flexibility index (Phi) is 7.84. The van der Waals surface area contributed by atoms with Gasteiger partial charge in [0, 0.05) is 12.4 Å². The Morgan fingerprint density at radius 3 is 2.55 bits per heavy atom. The lowest BCUT2D eigenvalue weighted by Crippen LogP contribution is -2.27. The van der Waals surface area contributed by atoms with Gasteiger partial charge >= 0.3 is 0 Å². The fraction of sp³-hybridized carbons (Fsp3) is 0.429. The summed E-state index contributed by atoms with van der Waals surface area (Å²) in [5.41, 5.74) is 1.02. The van der Waals surface area contributed by atoms with E-state index < -0.39 is 10.0 Å². The van der Waals surface area contributed by atoms with Crippen LogP contribution in [0.2, 0.25) is 0 Å². The summed E-state index contributed by atoms with van der Waals surface area (Å²) in [5.74, 6) is 0.520. The van der Waals surface area contributed by atoms with Gasteiger partial charge in [0.15, 0.2) is 0 Å². The Labute approximate surface area is 125 Å². The highest BCUT2D eigenvalue weighted by atomic mass is 35.5. The highest BCUT2D eigenvalue weighted by Gasteiger charge is 2.12. The molecule has 0 aromatic heterocycles. The molecule has 1 aromatic carbocycles. The molecular weight excluding hydrogens is 298 g/mol. The van der Waals surface area contributed by atoms with Gasteiger partial charge in [-0.15, -0.1) is 18.2 Å². The van der Waals surface area contributed by atoms with Crippen LogP contribution in [-0.4, -0.2) is 34.1 Å². The number of hydrogen-bond acceptors (Lipinski definition) is 3. The molecule has 0 saturated carbocycles. The molecule has 0 spiro atoms. The molecule has 0 unspecified atom stereocenters. The van der Waals surface area contributed by atoms with Crippen LogP contribution < -0.4 is 4.72 Å². The minimum Gasteiger partial charge on any atom is -0.380 e. The van der Waals surface area contributed by atoms with E-state index in [-0.39, 0.29) is 11.4 Å². The van der Waals surface area contributed by atoms with Gasteiger partial charge in [0.25, 0.3) is 0 Å². The molecule has 112 valence electrons. The second kappa shape index (κ2) is 9.13. The standard InChI is InChI=1S/C14H20ClNO3S/c1-2-3-11-19-12-10-16-20(17,18)14-6-4-13(5-7-14)8-9-15/h2,4-7,16H,1,3,8-12H2. The van der Waals surface area contributed by atoms with E-state index in [1.54, 1.807) is 30.3 Å². The third-order valence-corrected chi connectivity index (χ3v) is 4.29. The van der Waals surface area contributed by atoms with Gasteiger partial charge in [0.1, 0.15) is 0 Å². The molecule has 1 N–H and O–H groups in total. The normalized spacial score (nSPS) is 11.4. The predicted octanol–water partition coefficient (Wildman–Crippen LogP) is 2.34. The van der Waals surface area contributed by atoms with Crippen LogP contribution in [0.5, 0.6) is 0 Å². The summed E-state index contributed by atoms with van der Waals surface area (Å²) < 4.78 is 31.7. The second-order valence-electron chi connectivity index (χ2n) is 4.17. The number of alkyl halides is 1. The number of halogens is 1. The van der Waals surface area contributed by atoms with Crippen molar-refractivity contribution in [3.63, 3.8) is 0 Å². The highest BCUT2D eigenvalue weighted by molar-refractivity contribution is 7.89. The summed E-state index contributed by atoms with van der Waals surface area (Å²) >= 11 is 5.64. The average Bonchev–Trinajstić information content (AvgIpc) is 2.44. The first-order valence-corrected chi connectivity index (χ1v) is 8.45. The van der Waals surface area contributed by atoms with E-state index in [0.717, 1.165) is 18.4 Å². The van der Waals surface area contributed by atoms with Gasteiger partial charge in [-0.25, -0.2) is 13.1 Å². The SMILES string of the molecule is C=CCCOCCNS(=O)(=O)c1ccc(CCCl)cc1. The van der Waals surface area contributed by atoms with Crippen LogP contribution in [0.4, 0.5) is 0 Å². The lowest BCUT2D eigenvalue weighted by Gasteiger charge is -2.08. The zero-order valence-electron chi connectivity index (χ0n) is 11.3. The van der Waals surface area contributed by atoms with E-state index in [1.165, 1.54) is 0 Å². The summed E-state index contributed by atoms with van der Waals surface area (Å²) in [6.45, 7) is 4.73. The molecule has 0 aliphatic carbocycles. The molecule has 4 nitrogen and oxygen atoms in total. The molecule has 0 bridgehead atoms. The van der Waals surface area contributed by atoms with Crippen LogP contribution in [-0.2, 0) is 21.2 Å². The molecule has 0 aliphatic heterocycles. The van der Waals surface area contributed by atoms with Crippen molar-refractivity contribution in [1.82, 2.24) is 4.72 Å². The monoisotopic (exact) mass is 317 g/mol. The van der Waals surface area contributed by atoms with Crippen molar-refractivity contribution in [1.29, 1.82) is 0 Å². The van der Waals surface area contributed by atoms with E-state index in [2.05, 4.69) is 11.3 Å². The Morgan fingerprint density at radius 1 is 1.25 bits per heavy atom. The zero-order chi connectivity index (χ0) is 14.8. The van der Waals surface area contributed by atoms with Crippen molar-refractivity contribution in [2.45, 2.75) is 17.7 Å². The fourth-order valence-corrected chi connectivity index (χ4v) is 2.78. The highest BCUT2D eigenvalue weighted by Crippen LogP contribution is 2.11. The van der Waals surface area contributed by atoms with Gasteiger partial charge in [0.05, 0.1) is 18.1 Å². The van der Waals surface area contributed by atoms with Crippen LogP contribution in [0, 0.1) is 0 Å². The van der Waals surface area contributed by atoms with Crippen LogP contribution in [0.25, 0.3) is 0 Å². The maximum atomic E-state index is 12.0. The Morgan fingerprint density at radius 2 is 1.95 bits per heavy atom. The lowest BCUT2D eigenvalue weighted by molar-refractivity contribution is 0.144. The van der Waals surface area contributed by atoms with E-state index >= 15 is 0 Å².